The van der Waals surface area contributed by atoms with Crippen molar-refractivity contribution in [3.05, 3.63) is 45.8 Å². The maximum atomic E-state index is 11.9. The highest BCUT2D eigenvalue weighted by Gasteiger charge is 2.27. The predicted octanol–water partition coefficient (Wildman–Crippen LogP) is 1.73. The molecule has 0 atom stereocenters. The van der Waals surface area contributed by atoms with Crippen LogP contribution in [0.5, 0.6) is 0 Å². The molecule has 3 rings (SSSR count). The molecule has 0 saturated carbocycles. The summed E-state index contributed by atoms with van der Waals surface area (Å²) >= 11 is 0. The minimum Gasteiger partial charge on any atom is -0.461 e. The number of amides is 3. The van der Waals surface area contributed by atoms with E-state index in [-0.39, 0.29) is 32.0 Å². The molecule has 0 unspecified atom stereocenters. The molecule has 1 N–H and O–H groups in total. The van der Waals surface area contributed by atoms with Gasteiger partial charge in [-0.3, -0.25) is 14.5 Å². The Kier molecular flexibility index (Phi) is 5.54. The lowest BCUT2D eigenvalue weighted by molar-refractivity contribution is -0.145. The minimum absolute atomic E-state index is 0.00725. The molecule has 2 aromatic rings. The zero-order valence-corrected chi connectivity index (χ0v) is 14.9. The fraction of sp³-hybridized carbons (Fsp3) is 0.368. The van der Waals surface area contributed by atoms with E-state index in [0.717, 1.165) is 22.3 Å². The summed E-state index contributed by atoms with van der Waals surface area (Å²) in [7, 11) is 0. The van der Waals surface area contributed by atoms with Crippen LogP contribution in [0.3, 0.4) is 0 Å². The van der Waals surface area contributed by atoms with Crippen molar-refractivity contribution >= 4 is 28.9 Å². The van der Waals surface area contributed by atoms with Gasteiger partial charge in [0.15, 0.2) is 0 Å². The SMILES string of the molecule is CCc1ccc2c(COC(=O)CCCN3C(=O)CNC3=O)cc(=O)oc2c1. The molecule has 0 radical (unpaired) electrons. The monoisotopic (exact) mass is 372 g/mol. The number of esters is 1. The quantitative estimate of drug-likeness (QED) is 0.451. The summed E-state index contributed by atoms with van der Waals surface area (Å²) in [5.41, 5.74) is 1.58. The summed E-state index contributed by atoms with van der Waals surface area (Å²) in [6, 6.07) is 6.46. The van der Waals surface area contributed by atoms with Crippen LogP contribution >= 0.6 is 0 Å². The molecule has 1 fully saturated rings. The van der Waals surface area contributed by atoms with Gasteiger partial charge in [-0.2, -0.15) is 0 Å². The average Bonchev–Trinajstić information content (AvgIpc) is 2.97. The second-order valence-electron chi connectivity index (χ2n) is 6.24. The van der Waals surface area contributed by atoms with Crippen LogP contribution in [0.4, 0.5) is 4.79 Å². The molecular formula is C19H20N2O6. The number of ether oxygens (including phenoxy) is 1. The van der Waals surface area contributed by atoms with Crippen molar-refractivity contribution in [1.29, 1.82) is 0 Å². The van der Waals surface area contributed by atoms with Gasteiger partial charge in [-0.15, -0.1) is 0 Å². The molecule has 8 heteroatoms. The summed E-state index contributed by atoms with van der Waals surface area (Å²) in [6.45, 7) is 2.11. The summed E-state index contributed by atoms with van der Waals surface area (Å²) in [5.74, 6) is -0.768. The number of imide groups is 1. The summed E-state index contributed by atoms with van der Waals surface area (Å²) in [4.78, 5) is 47.6. The molecule has 1 aromatic heterocycles. The first-order valence-corrected chi connectivity index (χ1v) is 8.77. The highest BCUT2D eigenvalue weighted by molar-refractivity contribution is 6.01. The van der Waals surface area contributed by atoms with Crippen LogP contribution in [0.25, 0.3) is 11.0 Å². The Balaban J connectivity index is 1.58. The second kappa shape index (κ2) is 8.03. The number of hydrogen-bond donors (Lipinski definition) is 1. The fourth-order valence-corrected chi connectivity index (χ4v) is 2.91. The maximum absolute atomic E-state index is 11.9. The Bertz CT molecular complexity index is 933. The number of urea groups is 1. The number of nitrogens with one attached hydrogen (secondary N) is 1. The predicted molar refractivity (Wildman–Crippen MR) is 96.0 cm³/mol. The standard InChI is InChI=1S/C19H20N2O6/c1-2-12-5-6-14-13(9-18(24)27-15(14)8-12)11-26-17(23)4-3-7-21-16(22)10-20-19(21)25/h5-6,8-9H,2-4,7,10-11H2,1H3,(H,20,25). The number of fused-ring (bicyclic) bond motifs is 1. The molecule has 142 valence electrons. The van der Waals surface area contributed by atoms with Crippen LogP contribution in [-0.4, -0.2) is 35.9 Å². The Morgan fingerprint density at radius 2 is 2.07 bits per heavy atom. The molecule has 0 aliphatic carbocycles. The smallest absolute Gasteiger partial charge is 0.336 e. The van der Waals surface area contributed by atoms with Crippen molar-refractivity contribution in [1.82, 2.24) is 10.2 Å². The number of aryl methyl sites for hydroxylation is 1. The number of hydrogen-bond acceptors (Lipinski definition) is 6. The molecule has 27 heavy (non-hydrogen) atoms. The van der Waals surface area contributed by atoms with Gasteiger partial charge < -0.3 is 14.5 Å². The van der Waals surface area contributed by atoms with E-state index in [2.05, 4.69) is 5.32 Å². The van der Waals surface area contributed by atoms with Crippen molar-refractivity contribution in [3.63, 3.8) is 0 Å². The van der Waals surface area contributed by atoms with Gasteiger partial charge in [0.2, 0.25) is 5.91 Å². The zero-order chi connectivity index (χ0) is 19.4. The van der Waals surface area contributed by atoms with E-state index in [1.165, 1.54) is 6.07 Å². The lowest BCUT2D eigenvalue weighted by Crippen LogP contribution is -2.32. The van der Waals surface area contributed by atoms with Crippen LogP contribution in [-0.2, 0) is 27.4 Å². The summed E-state index contributed by atoms with van der Waals surface area (Å²) in [5, 5.41) is 3.14. The van der Waals surface area contributed by atoms with E-state index in [4.69, 9.17) is 9.15 Å². The van der Waals surface area contributed by atoms with E-state index in [9.17, 15) is 19.2 Å². The molecule has 1 aromatic carbocycles. The summed E-state index contributed by atoms with van der Waals surface area (Å²) in [6.07, 6.45) is 1.20. The number of carbonyl (C=O) groups excluding carboxylic acids is 3. The van der Waals surface area contributed by atoms with E-state index < -0.39 is 17.6 Å². The van der Waals surface area contributed by atoms with Gasteiger partial charge in [0.05, 0.1) is 6.54 Å². The van der Waals surface area contributed by atoms with Crippen LogP contribution in [0.2, 0.25) is 0 Å². The maximum Gasteiger partial charge on any atom is 0.336 e. The minimum atomic E-state index is -0.500. The zero-order valence-electron chi connectivity index (χ0n) is 14.9. The lowest BCUT2D eigenvalue weighted by atomic mass is 10.1. The molecule has 1 aliphatic heterocycles. The van der Waals surface area contributed by atoms with Gasteiger partial charge in [0, 0.05) is 30.0 Å². The third-order valence-electron chi connectivity index (χ3n) is 4.39. The van der Waals surface area contributed by atoms with Crippen molar-refractivity contribution in [2.24, 2.45) is 0 Å². The molecule has 1 saturated heterocycles. The highest BCUT2D eigenvalue weighted by Crippen LogP contribution is 2.20. The molecule has 0 bridgehead atoms. The van der Waals surface area contributed by atoms with Gasteiger partial charge in [-0.25, -0.2) is 9.59 Å². The van der Waals surface area contributed by atoms with E-state index in [0.29, 0.717) is 17.6 Å². The van der Waals surface area contributed by atoms with Crippen LogP contribution < -0.4 is 10.9 Å². The van der Waals surface area contributed by atoms with E-state index in [1.54, 1.807) is 6.07 Å². The van der Waals surface area contributed by atoms with E-state index >= 15 is 0 Å². The average molecular weight is 372 g/mol. The first-order chi connectivity index (χ1) is 13.0. The number of carbonyl (C=O) groups is 3. The first-order valence-electron chi connectivity index (χ1n) is 8.77. The van der Waals surface area contributed by atoms with Crippen molar-refractivity contribution in [2.75, 3.05) is 13.1 Å². The molecule has 8 nitrogen and oxygen atoms in total. The van der Waals surface area contributed by atoms with Crippen molar-refractivity contribution < 1.29 is 23.5 Å². The largest absolute Gasteiger partial charge is 0.461 e. The Morgan fingerprint density at radius 3 is 2.78 bits per heavy atom. The Morgan fingerprint density at radius 1 is 1.26 bits per heavy atom. The van der Waals surface area contributed by atoms with Gasteiger partial charge in [-0.1, -0.05) is 19.1 Å². The molecular weight excluding hydrogens is 352 g/mol. The normalized spacial score (nSPS) is 13.9. The number of benzene rings is 1. The van der Waals surface area contributed by atoms with Crippen LogP contribution in [0.1, 0.15) is 30.9 Å². The lowest BCUT2D eigenvalue weighted by Gasteiger charge is -2.12. The third-order valence-corrected chi connectivity index (χ3v) is 4.39. The second-order valence-corrected chi connectivity index (χ2v) is 6.24. The van der Waals surface area contributed by atoms with Crippen molar-refractivity contribution in [2.45, 2.75) is 32.8 Å². The van der Waals surface area contributed by atoms with Gasteiger partial charge in [-0.05, 0) is 24.5 Å². The fourth-order valence-electron chi connectivity index (χ4n) is 2.91. The van der Waals surface area contributed by atoms with Gasteiger partial charge in [0.25, 0.3) is 0 Å². The van der Waals surface area contributed by atoms with Crippen LogP contribution in [0.15, 0.2) is 33.5 Å². The Labute approximate surface area is 155 Å². The van der Waals surface area contributed by atoms with Crippen molar-refractivity contribution in [3.8, 4) is 0 Å². The van der Waals surface area contributed by atoms with Gasteiger partial charge >= 0.3 is 17.6 Å². The first kappa shape index (κ1) is 18.6. The van der Waals surface area contributed by atoms with Crippen LogP contribution in [0, 0.1) is 0 Å². The number of nitrogens with zero attached hydrogens (tertiary/aromatic N) is 1. The van der Waals surface area contributed by atoms with E-state index in [1.807, 2.05) is 19.1 Å². The number of rotatable bonds is 7. The molecule has 0 spiro atoms. The highest BCUT2D eigenvalue weighted by atomic mass is 16.5. The third kappa shape index (κ3) is 4.33. The molecule has 3 amide bonds. The van der Waals surface area contributed by atoms with Gasteiger partial charge in [0.1, 0.15) is 12.2 Å². The topological polar surface area (TPSA) is 106 Å². The molecule has 2 heterocycles. The molecule has 1 aliphatic rings. The Hall–Kier alpha value is -3.16. The summed E-state index contributed by atoms with van der Waals surface area (Å²) < 4.78 is 10.5.